The molecule has 2 aromatic carbocycles. The molecular formula is C20H19N3O6. The zero-order valence-electron chi connectivity index (χ0n) is 15.5. The monoisotopic (exact) mass is 397 g/mol. The van der Waals surface area contributed by atoms with Crippen molar-refractivity contribution < 1.29 is 19.8 Å². The number of aromatic nitrogens is 2. The number of aromatic amines is 1. The molecule has 4 N–H and O–H groups in total. The Morgan fingerprint density at radius 3 is 2.41 bits per heavy atom. The number of aromatic hydroxyl groups is 1. The third-order valence-corrected chi connectivity index (χ3v) is 4.59. The van der Waals surface area contributed by atoms with Gasteiger partial charge in [0, 0.05) is 6.42 Å². The number of hydrogen-bond donors (Lipinski definition) is 4. The lowest BCUT2D eigenvalue weighted by Crippen LogP contribution is -2.48. The molecule has 3 rings (SSSR count). The van der Waals surface area contributed by atoms with Crippen LogP contribution in [-0.2, 0) is 16.0 Å². The molecule has 0 radical (unpaired) electrons. The van der Waals surface area contributed by atoms with Crippen molar-refractivity contribution in [2.75, 3.05) is 0 Å². The van der Waals surface area contributed by atoms with Gasteiger partial charge in [-0.1, -0.05) is 24.3 Å². The van der Waals surface area contributed by atoms with Crippen molar-refractivity contribution in [3.63, 3.8) is 0 Å². The summed E-state index contributed by atoms with van der Waals surface area (Å²) in [5, 5.41) is 21.4. The Balaban J connectivity index is 1.86. The highest BCUT2D eigenvalue weighted by molar-refractivity contribution is 5.86. The molecule has 0 saturated carbocycles. The van der Waals surface area contributed by atoms with Gasteiger partial charge in [-0.05, 0) is 36.8 Å². The molecule has 150 valence electrons. The number of amides is 1. The van der Waals surface area contributed by atoms with E-state index in [0.717, 1.165) is 4.57 Å². The van der Waals surface area contributed by atoms with Gasteiger partial charge in [-0.3, -0.25) is 9.59 Å². The summed E-state index contributed by atoms with van der Waals surface area (Å²) in [5.41, 5.74) is -0.467. The second-order valence-corrected chi connectivity index (χ2v) is 6.60. The van der Waals surface area contributed by atoms with E-state index in [0.29, 0.717) is 11.1 Å². The Hall–Kier alpha value is -3.88. The lowest BCUT2D eigenvalue weighted by Gasteiger charge is -2.19. The minimum absolute atomic E-state index is 0.0307. The summed E-state index contributed by atoms with van der Waals surface area (Å²) < 4.78 is 0.761. The smallest absolute Gasteiger partial charge is 0.329 e. The number of aliphatic carboxylic acids is 1. The van der Waals surface area contributed by atoms with Gasteiger partial charge in [-0.15, -0.1) is 0 Å². The zero-order valence-corrected chi connectivity index (χ0v) is 15.5. The Morgan fingerprint density at radius 2 is 1.76 bits per heavy atom. The summed E-state index contributed by atoms with van der Waals surface area (Å²) in [4.78, 5) is 51.7. The number of hydrogen-bond acceptors (Lipinski definition) is 5. The van der Waals surface area contributed by atoms with Crippen molar-refractivity contribution in [1.29, 1.82) is 0 Å². The molecule has 3 aromatic rings. The van der Waals surface area contributed by atoms with Gasteiger partial charge in [0.1, 0.15) is 17.8 Å². The van der Waals surface area contributed by atoms with Crippen molar-refractivity contribution in [2.24, 2.45) is 0 Å². The van der Waals surface area contributed by atoms with Gasteiger partial charge in [-0.2, -0.15) is 0 Å². The highest BCUT2D eigenvalue weighted by Crippen LogP contribution is 2.12. The van der Waals surface area contributed by atoms with Crippen LogP contribution in [0.1, 0.15) is 18.5 Å². The fourth-order valence-corrected chi connectivity index (χ4v) is 3.01. The second kappa shape index (κ2) is 8.01. The first-order valence-corrected chi connectivity index (χ1v) is 8.82. The van der Waals surface area contributed by atoms with E-state index < -0.39 is 35.2 Å². The predicted octanol–water partition coefficient (Wildman–Crippen LogP) is 0.768. The number of H-pyrrole nitrogens is 1. The number of nitrogens with zero attached hydrogens (tertiary/aromatic N) is 1. The summed E-state index contributed by atoms with van der Waals surface area (Å²) in [5.74, 6) is -2.01. The quantitative estimate of drug-likeness (QED) is 0.484. The summed E-state index contributed by atoms with van der Waals surface area (Å²) in [6, 6.07) is 9.81. The number of rotatable bonds is 6. The molecular weight excluding hydrogens is 378 g/mol. The van der Waals surface area contributed by atoms with Gasteiger partial charge >= 0.3 is 11.7 Å². The molecule has 1 heterocycles. The number of fused-ring (bicyclic) bond motifs is 1. The Morgan fingerprint density at radius 1 is 1.10 bits per heavy atom. The average Bonchev–Trinajstić information content (AvgIpc) is 2.68. The molecule has 1 aromatic heterocycles. The normalized spacial score (nSPS) is 13.0. The Bertz CT molecular complexity index is 1180. The third-order valence-electron chi connectivity index (χ3n) is 4.59. The van der Waals surface area contributed by atoms with Crippen LogP contribution in [0.2, 0.25) is 0 Å². The van der Waals surface area contributed by atoms with Crippen LogP contribution in [0.25, 0.3) is 10.9 Å². The molecule has 0 bridgehead atoms. The minimum atomic E-state index is -1.27. The second-order valence-electron chi connectivity index (χ2n) is 6.60. The van der Waals surface area contributed by atoms with E-state index in [9.17, 15) is 29.4 Å². The third kappa shape index (κ3) is 4.18. The van der Waals surface area contributed by atoms with Crippen LogP contribution in [0.3, 0.4) is 0 Å². The van der Waals surface area contributed by atoms with Gasteiger partial charge in [0.25, 0.3) is 5.56 Å². The van der Waals surface area contributed by atoms with Crippen molar-refractivity contribution in [1.82, 2.24) is 14.9 Å². The lowest BCUT2D eigenvalue weighted by atomic mass is 10.1. The van der Waals surface area contributed by atoms with Gasteiger partial charge in [0.05, 0.1) is 10.9 Å². The van der Waals surface area contributed by atoms with Gasteiger partial charge in [0.2, 0.25) is 5.91 Å². The van der Waals surface area contributed by atoms with Gasteiger partial charge in [0.15, 0.2) is 0 Å². The van der Waals surface area contributed by atoms with Crippen LogP contribution >= 0.6 is 0 Å². The maximum Gasteiger partial charge on any atom is 0.329 e. The van der Waals surface area contributed by atoms with Crippen LogP contribution in [0.15, 0.2) is 58.1 Å². The van der Waals surface area contributed by atoms with Crippen molar-refractivity contribution in [3.05, 3.63) is 74.9 Å². The standard InChI is InChI=1S/C20H19N3O6/c1-11(23-18(26)14-4-2-3-5-15(14)22-20(23)29)17(25)21-16(19(27)28)10-12-6-8-13(24)9-7-12/h2-9,11,16,24H,10H2,1H3,(H,21,25)(H,22,29)(H,27,28)/t11-,16-/m0/s1. The molecule has 0 saturated heterocycles. The molecule has 29 heavy (non-hydrogen) atoms. The Kier molecular flexibility index (Phi) is 5.49. The first-order chi connectivity index (χ1) is 13.8. The SMILES string of the molecule is C[C@@H](C(=O)N[C@@H](Cc1ccc(O)cc1)C(=O)O)n1c(=O)[nH]c2ccccc2c1=O. The fourth-order valence-electron chi connectivity index (χ4n) is 3.01. The molecule has 0 spiro atoms. The lowest BCUT2D eigenvalue weighted by molar-refractivity contribution is -0.142. The molecule has 0 aliphatic rings. The molecule has 0 fully saturated rings. The van der Waals surface area contributed by atoms with E-state index in [1.807, 2.05) is 0 Å². The highest BCUT2D eigenvalue weighted by atomic mass is 16.4. The molecule has 1 amide bonds. The predicted molar refractivity (Wildman–Crippen MR) is 105 cm³/mol. The number of benzene rings is 2. The van der Waals surface area contributed by atoms with E-state index in [1.54, 1.807) is 30.3 Å². The van der Waals surface area contributed by atoms with Crippen LogP contribution in [0.5, 0.6) is 5.75 Å². The summed E-state index contributed by atoms with van der Waals surface area (Å²) in [6.07, 6.45) is -0.0307. The fraction of sp³-hybridized carbons (Fsp3) is 0.200. The molecule has 0 aliphatic carbocycles. The summed E-state index contributed by atoms with van der Waals surface area (Å²) >= 11 is 0. The number of carboxylic acid groups (broad SMARTS) is 1. The zero-order chi connectivity index (χ0) is 21.1. The number of carbonyl (C=O) groups is 2. The summed E-state index contributed by atoms with van der Waals surface area (Å²) in [7, 11) is 0. The maximum absolute atomic E-state index is 12.7. The first kappa shape index (κ1) is 19.9. The van der Waals surface area contributed by atoms with E-state index in [2.05, 4.69) is 10.3 Å². The number of phenolic OH excluding ortho intramolecular Hbond substituents is 1. The number of phenols is 1. The van der Waals surface area contributed by atoms with Crippen molar-refractivity contribution >= 4 is 22.8 Å². The summed E-state index contributed by atoms with van der Waals surface area (Å²) in [6.45, 7) is 1.35. The van der Waals surface area contributed by atoms with Crippen LogP contribution in [0.4, 0.5) is 0 Å². The number of para-hydroxylation sites is 1. The van der Waals surface area contributed by atoms with Gasteiger partial charge < -0.3 is 20.5 Å². The number of carboxylic acids is 1. The van der Waals surface area contributed by atoms with Crippen molar-refractivity contribution in [3.8, 4) is 5.75 Å². The van der Waals surface area contributed by atoms with Crippen LogP contribution in [-0.4, -0.2) is 37.7 Å². The van der Waals surface area contributed by atoms with E-state index in [1.165, 1.54) is 25.1 Å². The number of nitrogens with one attached hydrogen (secondary N) is 2. The van der Waals surface area contributed by atoms with Gasteiger partial charge in [-0.25, -0.2) is 14.2 Å². The molecule has 9 heteroatoms. The van der Waals surface area contributed by atoms with E-state index >= 15 is 0 Å². The average molecular weight is 397 g/mol. The topological polar surface area (TPSA) is 141 Å². The number of carbonyl (C=O) groups excluding carboxylic acids is 1. The molecule has 2 atom stereocenters. The molecule has 9 nitrogen and oxygen atoms in total. The van der Waals surface area contributed by atoms with Crippen LogP contribution < -0.4 is 16.6 Å². The van der Waals surface area contributed by atoms with Crippen LogP contribution in [0, 0.1) is 0 Å². The minimum Gasteiger partial charge on any atom is -0.508 e. The van der Waals surface area contributed by atoms with Crippen molar-refractivity contribution in [2.45, 2.75) is 25.4 Å². The molecule has 0 unspecified atom stereocenters. The molecule has 0 aliphatic heterocycles. The van der Waals surface area contributed by atoms with E-state index in [-0.39, 0.29) is 17.6 Å². The first-order valence-electron chi connectivity index (χ1n) is 8.82. The largest absolute Gasteiger partial charge is 0.508 e. The maximum atomic E-state index is 12.7. The Labute approximate surface area is 164 Å². The highest BCUT2D eigenvalue weighted by Gasteiger charge is 2.26. The van der Waals surface area contributed by atoms with E-state index in [4.69, 9.17) is 0 Å².